The molecule has 0 aromatic carbocycles. The summed E-state index contributed by atoms with van der Waals surface area (Å²) in [6.07, 6.45) is -3.10. The highest BCUT2D eigenvalue weighted by Crippen LogP contribution is 2.33. The third-order valence-electron chi connectivity index (χ3n) is 3.19. The van der Waals surface area contributed by atoms with E-state index in [-0.39, 0.29) is 6.42 Å². The summed E-state index contributed by atoms with van der Waals surface area (Å²) in [5.41, 5.74) is 0.699. The molecule has 1 rings (SSSR count). The second-order valence-corrected chi connectivity index (χ2v) is 4.20. The molecule has 1 aliphatic rings. The average Bonchev–Trinajstić information content (AvgIpc) is 2.30. The molecule has 0 radical (unpaired) electrons. The lowest BCUT2D eigenvalue weighted by Crippen LogP contribution is -2.64. The first-order valence-electron chi connectivity index (χ1n) is 5.44. The average molecular weight is 232 g/mol. The molecule has 1 aliphatic heterocycles. The van der Waals surface area contributed by atoms with E-state index in [1.54, 1.807) is 26.8 Å². The topological polar surface area (TPSA) is 90.2 Å². The zero-order chi connectivity index (χ0) is 12.5. The van der Waals surface area contributed by atoms with Gasteiger partial charge in [-0.2, -0.15) is 0 Å². The number of hydrogen-bond donors (Lipinski definition) is 4. The molecule has 0 spiro atoms. The van der Waals surface area contributed by atoms with Crippen LogP contribution in [0.4, 0.5) is 0 Å². The van der Waals surface area contributed by atoms with Gasteiger partial charge >= 0.3 is 0 Å². The van der Waals surface area contributed by atoms with Crippen LogP contribution >= 0.6 is 0 Å². The smallest absolute Gasteiger partial charge is 0.195 e. The van der Waals surface area contributed by atoms with Gasteiger partial charge in [0.25, 0.3) is 0 Å². The van der Waals surface area contributed by atoms with Gasteiger partial charge in [-0.15, -0.1) is 0 Å². The molecule has 94 valence electrons. The quantitative estimate of drug-likeness (QED) is 0.483. The van der Waals surface area contributed by atoms with Crippen LogP contribution in [0.25, 0.3) is 0 Å². The third kappa shape index (κ3) is 2.14. The van der Waals surface area contributed by atoms with Gasteiger partial charge in [0.1, 0.15) is 24.4 Å². The maximum absolute atomic E-state index is 9.98. The number of aliphatic hydroxyl groups is 4. The zero-order valence-corrected chi connectivity index (χ0v) is 9.79. The van der Waals surface area contributed by atoms with E-state index in [1.165, 1.54) is 0 Å². The van der Waals surface area contributed by atoms with E-state index in [2.05, 4.69) is 0 Å². The summed E-state index contributed by atoms with van der Waals surface area (Å²) in [5, 5.41) is 39.0. The highest BCUT2D eigenvalue weighted by Gasteiger charge is 2.51. The summed E-state index contributed by atoms with van der Waals surface area (Å²) in [7, 11) is 0. The Bertz CT molecular complexity index is 278. The lowest BCUT2D eigenvalue weighted by Gasteiger charge is -2.45. The van der Waals surface area contributed by atoms with Crippen molar-refractivity contribution < 1.29 is 25.2 Å². The summed E-state index contributed by atoms with van der Waals surface area (Å²) in [6.45, 7) is 5.14. The molecule has 5 nitrogen and oxygen atoms in total. The molecule has 1 heterocycles. The second-order valence-electron chi connectivity index (χ2n) is 4.20. The summed E-state index contributed by atoms with van der Waals surface area (Å²) in [5.74, 6) is -1.81. The van der Waals surface area contributed by atoms with Crippen molar-refractivity contribution in [2.24, 2.45) is 0 Å². The van der Waals surface area contributed by atoms with Crippen LogP contribution in [0.1, 0.15) is 27.2 Å². The number of hydrogen-bond acceptors (Lipinski definition) is 5. The van der Waals surface area contributed by atoms with Crippen LogP contribution in [0.15, 0.2) is 11.6 Å². The van der Waals surface area contributed by atoms with E-state index in [0.29, 0.717) is 5.57 Å². The van der Waals surface area contributed by atoms with Gasteiger partial charge in [0.2, 0.25) is 0 Å². The predicted molar refractivity (Wildman–Crippen MR) is 57.6 cm³/mol. The molecule has 1 fully saturated rings. The Morgan fingerprint density at radius 3 is 2.31 bits per heavy atom. The number of rotatable bonds is 2. The monoisotopic (exact) mass is 232 g/mol. The summed E-state index contributed by atoms with van der Waals surface area (Å²) >= 11 is 0. The van der Waals surface area contributed by atoms with Crippen molar-refractivity contribution in [2.75, 3.05) is 0 Å². The van der Waals surface area contributed by atoms with Gasteiger partial charge in [-0.3, -0.25) is 0 Å². The number of allylic oxidation sites excluding steroid dienone is 1. The maximum Gasteiger partial charge on any atom is 0.195 e. The maximum atomic E-state index is 9.98. The first-order valence-corrected chi connectivity index (χ1v) is 5.44. The minimum absolute atomic E-state index is 0.130. The fourth-order valence-electron chi connectivity index (χ4n) is 1.81. The van der Waals surface area contributed by atoms with E-state index < -0.39 is 30.2 Å². The van der Waals surface area contributed by atoms with E-state index >= 15 is 0 Å². The summed E-state index contributed by atoms with van der Waals surface area (Å²) in [4.78, 5) is 0. The molecule has 16 heavy (non-hydrogen) atoms. The summed E-state index contributed by atoms with van der Waals surface area (Å²) < 4.78 is 5.30. The molecule has 5 atom stereocenters. The van der Waals surface area contributed by atoms with E-state index in [9.17, 15) is 20.4 Å². The predicted octanol–water partition coefficient (Wildman–Crippen LogP) is -0.467. The highest BCUT2D eigenvalue weighted by atomic mass is 16.7. The van der Waals surface area contributed by atoms with Crippen molar-refractivity contribution in [2.45, 2.75) is 57.4 Å². The van der Waals surface area contributed by atoms with Gasteiger partial charge in [0.15, 0.2) is 5.79 Å². The first-order chi connectivity index (χ1) is 7.37. The van der Waals surface area contributed by atoms with Gasteiger partial charge in [-0.05, 0) is 19.4 Å². The lowest BCUT2D eigenvalue weighted by atomic mass is 9.88. The van der Waals surface area contributed by atoms with Gasteiger partial charge in [0.05, 0.1) is 0 Å². The van der Waals surface area contributed by atoms with Crippen LogP contribution in [-0.4, -0.2) is 50.6 Å². The largest absolute Gasteiger partial charge is 0.387 e. The van der Waals surface area contributed by atoms with Gasteiger partial charge in [-0.25, -0.2) is 0 Å². The number of aliphatic hydroxyl groups excluding tert-OH is 3. The molecule has 4 N–H and O–H groups in total. The fourth-order valence-corrected chi connectivity index (χ4v) is 1.81. The van der Waals surface area contributed by atoms with Gasteiger partial charge in [0, 0.05) is 6.42 Å². The summed E-state index contributed by atoms with van der Waals surface area (Å²) in [6, 6.07) is 0. The Morgan fingerprint density at radius 2 is 1.88 bits per heavy atom. The minimum atomic E-state index is -1.81. The van der Waals surface area contributed by atoms with Crippen LogP contribution in [0.2, 0.25) is 0 Å². The second kappa shape index (κ2) is 4.81. The Labute approximate surface area is 95.0 Å². The van der Waals surface area contributed by atoms with Crippen molar-refractivity contribution in [3.63, 3.8) is 0 Å². The van der Waals surface area contributed by atoms with Crippen molar-refractivity contribution in [3.8, 4) is 0 Å². The van der Waals surface area contributed by atoms with E-state index in [1.807, 2.05) is 0 Å². The Balaban J connectivity index is 2.99. The van der Waals surface area contributed by atoms with Crippen LogP contribution < -0.4 is 0 Å². The van der Waals surface area contributed by atoms with Crippen LogP contribution in [-0.2, 0) is 4.74 Å². The molecule has 0 aromatic rings. The van der Waals surface area contributed by atoms with E-state index in [0.717, 1.165) is 0 Å². The van der Waals surface area contributed by atoms with Crippen LogP contribution in [0.3, 0.4) is 0 Å². The normalized spacial score (nSPS) is 45.8. The molecule has 0 amide bonds. The zero-order valence-electron chi connectivity index (χ0n) is 9.79. The van der Waals surface area contributed by atoms with Crippen LogP contribution in [0.5, 0.6) is 0 Å². The third-order valence-corrected chi connectivity index (χ3v) is 3.19. The van der Waals surface area contributed by atoms with Gasteiger partial charge < -0.3 is 25.2 Å². The molecule has 0 bridgehead atoms. The van der Waals surface area contributed by atoms with Crippen LogP contribution in [0, 0.1) is 0 Å². The first kappa shape index (κ1) is 13.6. The standard InChI is InChI=1S/C11H20O5/c1-4-6(3)9-7(12)8(13)10(14)11(15,5-2)16-9/h4,7-10,12-15H,5H2,1-3H3. The lowest BCUT2D eigenvalue weighted by molar-refractivity contribution is -0.339. The Morgan fingerprint density at radius 1 is 1.31 bits per heavy atom. The minimum Gasteiger partial charge on any atom is -0.387 e. The van der Waals surface area contributed by atoms with Crippen molar-refractivity contribution in [1.29, 1.82) is 0 Å². The Kier molecular flexibility index (Phi) is 4.09. The SMILES string of the molecule is CC=C(C)C1OC(O)(CC)C(O)C(O)C1O. The molecule has 5 heteroatoms. The van der Waals surface area contributed by atoms with Crippen molar-refractivity contribution in [3.05, 3.63) is 11.6 Å². The van der Waals surface area contributed by atoms with Crippen molar-refractivity contribution in [1.82, 2.24) is 0 Å². The fraction of sp³-hybridized carbons (Fsp3) is 0.818. The molecule has 0 aromatic heterocycles. The molecule has 1 saturated heterocycles. The van der Waals surface area contributed by atoms with Crippen molar-refractivity contribution >= 4 is 0 Å². The number of ether oxygens (including phenoxy) is 1. The molecule has 5 unspecified atom stereocenters. The molecule has 0 aliphatic carbocycles. The molecular formula is C11H20O5. The molecular weight excluding hydrogens is 212 g/mol. The van der Waals surface area contributed by atoms with Gasteiger partial charge in [-0.1, -0.05) is 13.0 Å². The highest BCUT2D eigenvalue weighted by molar-refractivity contribution is 5.12. The molecule has 0 saturated carbocycles. The van der Waals surface area contributed by atoms with E-state index in [4.69, 9.17) is 4.74 Å². The Hall–Kier alpha value is -0.460.